The number of hydrogen-bond donors (Lipinski definition) is 2. The number of nitrogens with zero attached hydrogens (tertiary/aromatic N) is 2. The van der Waals surface area contributed by atoms with E-state index in [-0.39, 0.29) is 0 Å². The molecule has 0 aliphatic carbocycles. The number of anilines is 1. The number of nitrogens with two attached hydrogens (primary N) is 1. The van der Waals surface area contributed by atoms with Crippen LogP contribution in [-0.2, 0) is 11.3 Å². The zero-order valence-electron chi connectivity index (χ0n) is 8.65. The van der Waals surface area contributed by atoms with Gasteiger partial charge in [-0.2, -0.15) is 0 Å². The van der Waals surface area contributed by atoms with E-state index in [9.17, 15) is 0 Å². The molecule has 1 aromatic rings. The molecule has 2 rings (SSSR count). The van der Waals surface area contributed by atoms with E-state index < -0.39 is 0 Å². The largest absolute Gasteiger partial charge is 0.379 e. The maximum Gasteiger partial charge on any atom is 0.139 e. The van der Waals surface area contributed by atoms with Crippen molar-refractivity contribution in [2.24, 2.45) is 5.84 Å². The molecule has 1 fully saturated rings. The predicted molar refractivity (Wildman–Crippen MR) is 58.1 cm³/mol. The van der Waals surface area contributed by atoms with E-state index in [1.807, 2.05) is 18.3 Å². The molecule has 0 amide bonds. The maximum absolute atomic E-state index is 5.29. The van der Waals surface area contributed by atoms with Gasteiger partial charge in [0.2, 0.25) is 0 Å². The van der Waals surface area contributed by atoms with Crippen LogP contribution in [0.5, 0.6) is 0 Å². The fourth-order valence-corrected chi connectivity index (χ4v) is 1.62. The van der Waals surface area contributed by atoms with E-state index in [0.717, 1.165) is 32.8 Å². The molecule has 0 bridgehead atoms. The van der Waals surface area contributed by atoms with Gasteiger partial charge in [-0.25, -0.2) is 10.8 Å². The van der Waals surface area contributed by atoms with Crippen LogP contribution >= 0.6 is 0 Å². The van der Waals surface area contributed by atoms with Crippen LogP contribution < -0.4 is 11.3 Å². The molecule has 0 spiro atoms. The van der Waals surface area contributed by atoms with E-state index >= 15 is 0 Å². The highest BCUT2D eigenvalue weighted by Crippen LogP contribution is 2.08. The van der Waals surface area contributed by atoms with Crippen molar-refractivity contribution in [1.82, 2.24) is 9.88 Å². The third-order valence-corrected chi connectivity index (χ3v) is 2.48. The second-order valence-corrected chi connectivity index (χ2v) is 3.58. The minimum Gasteiger partial charge on any atom is -0.379 e. The Bertz CT molecular complexity index is 295. The third-order valence-electron chi connectivity index (χ3n) is 2.48. The predicted octanol–water partition coefficient (Wildman–Crippen LogP) is 0.199. The Kier molecular flexibility index (Phi) is 3.49. The van der Waals surface area contributed by atoms with Gasteiger partial charge in [0.25, 0.3) is 0 Å². The number of nitrogens with one attached hydrogen (secondary N) is 1. The Labute approximate surface area is 89.2 Å². The lowest BCUT2D eigenvalue weighted by Gasteiger charge is -2.26. The van der Waals surface area contributed by atoms with E-state index in [1.165, 1.54) is 5.56 Å². The molecule has 3 N–H and O–H groups in total. The monoisotopic (exact) mass is 208 g/mol. The van der Waals surface area contributed by atoms with Crippen molar-refractivity contribution in [2.75, 3.05) is 31.7 Å². The molecule has 1 aliphatic rings. The number of hydrazine groups is 1. The summed E-state index contributed by atoms with van der Waals surface area (Å²) in [6.45, 7) is 4.58. The van der Waals surface area contributed by atoms with Crippen molar-refractivity contribution in [3.63, 3.8) is 0 Å². The van der Waals surface area contributed by atoms with Gasteiger partial charge < -0.3 is 10.2 Å². The number of rotatable bonds is 3. The summed E-state index contributed by atoms with van der Waals surface area (Å²) in [6, 6.07) is 3.92. The van der Waals surface area contributed by atoms with Gasteiger partial charge in [-0.05, 0) is 11.6 Å². The van der Waals surface area contributed by atoms with Crippen LogP contribution in [0.25, 0.3) is 0 Å². The van der Waals surface area contributed by atoms with Gasteiger partial charge in [-0.1, -0.05) is 6.07 Å². The Hall–Kier alpha value is -1.17. The van der Waals surface area contributed by atoms with Gasteiger partial charge >= 0.3 is 0 Å². The van der Waals surface area contributed by atoms with Crippen LogP contribution in [-0.4, -0.2) is 36.2 Å². The molecule has 0 atom stereocenters. The van der Waals surface area contributed by atoms with E-state index in [4.69, 9.17) is 10.6 Å². The summed E-state index contributed by atoms with van der Waals surface area (Å²) in [4.78, 5) is 6.53. The number of ether oxygens (including phenoxy) is 1. The summed E-state index contributed by atoms with van der Waals surface area (Å²) in [7, 11) is 0. The SMILES string of the molecule is NNc1ccc(CN2CCOCC2)cn1. The van der Waals surface area contributed by atoms with Crippen LogP contribution in [0, 0.1) is 0 Å². The molecule has 1 saturated heterocycles. The zero-order chi connectivity index (χ0) is 10.5. The highest BCUT2D eigenvalue weighted by molar-refractivity contribution is 5.33. The Balaban J connectivity index is 1.91. The molecule has 1 aromatic heterocycles. The van der Waals surface area contributed by atoms with E-state index in [2.05, 4.69) is 15.3 Å². The summed E-state index contributed by atoms with van der Waals surface area (Å²) in [6.07, 6.45) is 1.85. The summed E-state index contributed by atoms with van der Waals surface area (Å²) in [5, 5.41) is 0. The molecule has 0 saturated carbocycles. The fraction of sp³-hybridized carbons (Fsp3) is 0.500. The summed E-state index contributed by atoms with van der Waals surface area (Å²) in [5.74, 6) is 5.94. The summed E-state index contributed by atoms with van der Waals surface area (Å²) < 4.78 is 5.29. The second-order valence-electron chi connectivity index (χ2n) is 3.58. The van der Waals surface area contributed by atoms with Gasteiger partial charge in [0.05, 0.1) is 13.2 Å². The number of hydrogen-bond acceptors (Lipinski definition) is 5. The minimum absolute atomic E-state index is 0.695. The Morgan fingerprint density at radius 2 is 2.20 bits per heavy atom. The standard InChI is InChI=1S/C10H16N4O/c11-13-10-2-1-9(7-12-10)8-14-3-5-15-6-4-14/h1-2,7H,3-6,8,11H2,(H,12,13). The lowest BCUT2D eigenvalue weighted by Crippen LogP contribution is -2.35. The van der Waals surface area contributed by atoms with Crippen molar-refractivity contribution in [1.29, 1.82) is 0 Å². The van der Waals surface area contributed by atoms with Gasteiger partial charge in [0.1, 0.15) is 5.82 Å². The van der Waals surface area contributed by atoms with E-state index in [1.54, 1.807) is 0 Å². The topological polar surface area (TPSA) is 63.4 Å². The molecule has 0 aromatic carbocycles. The van der Waals surface area contributed by atoms with Gasteiger partial charge in [-0.15, -0.1) is 0 Å². The lowest BCUT2D eigenvalue weighted by molar-refractivity contribution is 0.0341. The van der Waals surface area contributed by atoms with Crippen molar-refractivity contribution in [3.8, 4) is 0 Å². The molecule has 0 radical (unpaired) electrons. The minimum atomic E-state index is 0.695. The highest BCUT2D eigenvalue weighted by Gasteiger charge is 2.10. The number of aromatic nitrogens is 1. The normalized spacial score (nSPS) is 17.7. The summed E-state index contributed by atoms with van der Waals surface area (Å²) >= 11 is 0. The highest BCUT2D eigenvalue weighted by atomic mass is 16.5. The van der Waals surface area contributed by atoms with Crippen molar-refractivity contribution < 1.29 is 4.74 Å². The number of pyridine rings is 1. The first-order valence-electron chi connectivity index (χ1n) is 5.10. The average molecular weight is 208 g/mol. The molecular weight excluding hydrogens is 192 g/mol. The first kappa shape index (κ1) is 10.4. The molecule has 82 valence electrons. The van der Waals surface area contributed by atoms with Crippen molar-refractivity contribution >= 4 is 5.82 Å². The van der Waals surface area contributed by atoms with Gasteiger partial charge in [-0.3, -0.25) is 4.90 Å². The molecule has 2 heterocycles. The molecule has 1 aliphatic heterocycles. The van der Waals surface area contributed by atoms with Gasteiger partial charge in [0, 0.05) is 25.8 Å². The van der Waals surface area contributed by atoms with Crippen LogP contribution in [0.4, 0.5) is 5.82 Å². The molecular formula is C10H16N4O. The van der Waals surface area contributed by atoms with Crippen LogP contribution in [0.1, 0.15) is 5.56 Å². The first-order valence-corrected chi connectivity index (χ1v) is 5.10. The molecule has 15 heavy (non-hydrogen) atoms. The smallest absolute Gasteiger partial charge is 0.139 e. The third kappa shape index (κ3) is 2.89. The number of morpholine rings is 1. The maximum atomic E-state index is 5.29. The second kappa shape index (κ2) is 5.06. The number of nitrogen functional groups attached to an aromatic ring is 1. The van der Waals surface area contributed by atoms with Crippen LogP contribution in [0.15, 0.2) is 18.3 Å². The van der Waals surface area contributed by atoms with Gasteiger partial charge in [0.15, 0.2) is 0 Å². The average Bonchev–Trinajstić information content (AvgIpc) is 2.31. The fourth-order valence-electron chi connectivity index (χ4n) is 1.62. The first-order chi connectivity index (χ1) is 7.38. The summed E-state index contributed by atoms with van der Waals surface area (Å²) in [5.41, 5.74) is 3.72. The lowest BCUT2D eigenvalue weighted by atomic mass is 10.2. The Morgan fingerprint density at radius 1 is 1.40 bits per heavy atom. The van der Waals surface area contributed by atoms with E-state index in [0.29, 0.717) is 5.82 Å². The van der Waals surface area contributed by atoms with Crippen molar-refractivity contribution in [2.45, 2.75) is 6.54 Å². The quantitative estimate of drug-likeness (QED) is 0.549. The molecule has 5 nitrogen and oxygen atoms in total. The zero-order valence-corrected chi connectivity index (χ0v) is 8.65. The Morgan fingerprint density at radius 3 is 2.80 bits per heavy atom. The molecule has 5 heteroatoms. The molecule has 0 unspecified atom stereocenters. The van der Waals surface area contributed by atoms with Crippen LogP contribution in [0.3, 0.4) is 0 Å². The van der Waals surface area contributed by atoms with Crippen LogP contribution in [0.2, 0.25) is 0 Å². The van der Waals surface area contributed by atoms with Crippen molar-refractivity contribution in [3.05, 3.63) is 23.9 Å².